The number of hydrogen-bond acceptors (Lipinski definition) is 2. The lowest BCUT2D eigenvalue weighted by molar-refractivity contribution is -0.137. The summed E-state index contributed by atoms with van der Waals surface area (Å²) in [5, 5.41) is 3.22. The normalized spacial score (nSPS) is 15.1. The zero-order valence-corrected chi connectivity index (χ0v) is 11.2. The summed E-state index contributed by atoms with van der Waals surface area (Å²) in [6.07, 6.45) is -0.965. The van der Waals surface area contributed by atoms with Crippen molar-refractivity contribution in [3.8, 4) is 0 Å². The molecule has 1 heterocycles. The van der Waals surface area contributed by atoms with Crippen molar-refractivity contribution in [2.24, 2.45) is 0 Å². The number of halogens is 3. The van der Waals surface area contributed by atoms with Gasteiger partial charge in [-0.15, -0.1) is 0 Å². The van der Waals surface area contributed by atoms with Gasteiger partial charge in [-0.05, 0) is 31.5 Å². The molecule has 3 nitrogen and oxygen atoms in total. The third-order valence-electron chi connectivity index (χ3n) is 3.14. The molecule has 2 aromatic rings. The van der Waals surface area contributed by atoms with E-state index in [1.807, 2.05) is 13.8 Å². The molecule has 1 aromatic heterocycles. The number of H-pyrrole nitrogens is 1. The van der Waals surface area contributed by atoms with E-state index in [2.05, 4.69) is 15.3 Å². The van der Waals surface area contributed by atoms with Crippen LogP contribution in [0.2, 0.25) is 0 Å². The second-order valence-corrected chi connectivity index (χ2v) is 4.71. The van der Waals surface area contributed by atoms with Gasteiger partial charge < -0.3 is 10.3 Å². The third-order valence-corrected chi connectivity index (χ3v) is 3.14. The summed E-state index contributed by atoms with van der Waals surface area (Å²) >= 11 is 0. The summed E-state index contributed by atoms with van der Waals surface area (Å²) in [7, 11) is 0. The molecule has 2 unspecified atom stereocenters. The first-order valence-corrected chi connectivity index (χ1v) is 6.30. The maximum atomic E-state index is 12.7. The van der Waals surface area contributed by atoms with Crippen LogP contribution in [0.3, 0.4) is 0 Å². The zero-order chi connectivity index (χ0) is 14.8. The highest BCUT2D eigenvalue weighted by Gasteiger charge is 2.30. The lowest BCUT2D eigenvalue weighted by Gasteiger charge is -2.20. The van der Waals surface area contributed by atoms with Crippen LogP contribution in [0.1, 0.15) is 42.9 Å². The van der Waals surface area contributed by atoms with Crippen molar-refractivity contribution in [3.63, 3.8) is 0 Å². The Hall–Kier alpha value is -1.82. The highest BCUT2D eigenvalue weighted by molar-refractivity contribution is 5.27. The molecule has 20 heavy (non-hydrogen) atoms. The van der Waals surface area contributed by atoms with Crippen LogP contribution in [-0.4, -0.2) is 9.97 Å². The molecule has 0 radical (unpaired) electrons. The number of aromatic amines is 1. The van der Waals surface area contributed by atoms with Gasteiger partial charge in [-0.1, -0.05) is 12.1 Å². The number of aromatic nitrogens is 2. The average Bonchev–Trinajstić information content (AvgIpc) is 2.91. The SMILES string of the molecule is CC(NC(C)c1ncc[nH]1)c1cccc(C(F)(F)F)c1. The molecule has 0 bridgehead atoms. The summed E-state index contributed by atoms with van der Waals surface area (Å²) in [6, 6.07) is 5.07. The average molecular weight is 283 g/mol. The van der Waals surface area contributed by atoms with Crippen LogP contribution in [0.4, 0.5) is 13.2 Å². The van der Waals surface area contributed by atoms with E-state index in [1.54, 1.807) is 18.5 Å². The first-order valence-electron chi connectivity index (χ1n) is 6.30. The predicted octanol–water partition coefficient (Wildman–Crippen LogP) is 3.84. The van der Waals surface area contributed by atoms with Crippen molar-refractivity contribution >= 4 is 0 Å². The van der Waals surface area contributed by atoms with Crippen LogP contribution in [0.5, 0.6) is 0 Å². The van der Waals surface area contributed by atoms with Gasteiger partial charge in [0, 0.05) is 18.4 Å². The summed E-state index contributed by atoms with van der Waals surface area (Å²) in [6.45, 7) is 3.73. The first kappa shape index (κ1) is 14.6. The minimum absolute atomic E-state index is 0.0745. The number of alkyl halides is 3. The molecular formula is C14H16F3N3. The minimum Gasteiger partial charge on any atom is -0.347 e. The number of benzene rings is 1. The summed E-state index contributed by atoms with van der Waals surface area (Å²) in [5.41, 5.74) is -0.0347. The highest BCUT2D eigenvalue weighted by atomic mass is 19.4. The van der Waals surface area contributed by atoms with E-state index in [9.17, 15) is 13.2 Å². The Labute approximate surface area is 115 Å². The lowest BCUT2D eigenvalue weighted by Crippen LogP contribution is -2.23. The minimum atomic E-state index is -4.32. The van der Waals surface area contributed by atoms with Gasteiger partial charge in [0.2, 0.25) is 0 Å². The van der Waals surface area contributed by atoms with E-state index < -0.39 is 11.7 Å². The zero-order valence-electron chi connectivity index (χ0n) is 11.2. The molecule has 108 valence electrons. The number of imidazole rings is 1. The van der Waals surface area contributed by atoms with Gasteiger partial charge in [-0.3, -0.25) is 0 Å². The Morgan fingerprint density at radius 2 is 1.95 bits per heavy atom. The summed E-state index contributed by atoms with van der Waals surface area (Å²) < 4.78 is 38.0. The Balaban J connectivity index is 2.11. The molecular weight excluding hydrogens is 267 g/mol. The van der Waals surface area contributed by atoms with Crippen molar-refractivity contribution in [1.82, 2.24) is 15.3 Å². The summed E-state index contributed by atoms with van der Waals surface area (Å²) in [5.74, 6) is 0.754. The number of nitrogens with one attached hydrogen (secondary N) is 2. The number of hydrogen-bond donors (Lipinski definition) is 2. The van der Waals surface area contributed by atoms with E-state index in [0.717, 1.165) is 11.9 Å². The van der Waals surface area contributed by atoms with E-state index in [4.69, 9.17) is 0 Å². The quantitative estimate of drug-likeness (QED) is 0.895. The molecule has 0 aliphatic heterocycles. The molecule has 2 rings (SSSR count). The molecule has 0 saturated carbocycles. The van der Waals surface area contributed by atoms with E-state index >= 15 is 0 Å². The molecule has 0 fully saturated rings. The molecule has 1 aromatic carbocycles. The number of nitrogens with zero attached hydrogens (tertiary/aromatic N) is 1. The maximum Gasteiger partial charge on any atom is 0.416 e. The Morgan fingerprint density at radius 3 is 2.55 bits per heavy atom. The van der Waals surface area contributed by atoms with Gasteiger partial charge in [0.25, 0.3) is 0 Å². The van der Waals surface area contributed by atoms with Crippen LogP contribution in [-0.2, 0) is 6.18 Å². The summed E-state index contributed by atoms with van der Waals surface area (Å²) in [4.78, 5) is 7.10. The fraction of sp³-hybridized carbons (Fsp3) is 0.357. The molecule has 0 amide bonds. The van der Waals surface area contributed by atoms with Gasteiger partial charge in [0.1, 0.15) is 5.82 Å². The van der Waals surface area contributed by atoms with Crippen LogP contribution in [0.25, 0.3) is 0 Å². The lowest BCUT2D eigenvalue weighted by atomic mass is 10.0. The fourth-order valence-electron chi connectivity index (χ4n) is 2.05. The van der Waals surface area contributed by atoms with Gasteiger partial charge in [-0.25, -0.2) is 4.98 Å². The van der Waals surface area contributed by atoms with Crippen molar-refractivity contribution in [2.75, 3.05) is 0 Å². The van der Waals surface area contributed by atoms with E-state index in [1.165, 1.54) is 12.1 Å². The van der Waals surface area contributed by atoms with Crippen LogP contribution >= 0.6 is 0 Å². The second-order valence-electron chi connectivity index (χ2n) is 4.71. The third kappa shape index (κ3) is 3.39. The highest BCUT2D eigenvalue weighted by Crippen LogP contribution is 2.31. The van der Waals surface area contributed by atoms with E-state index in [0.29, 0.717) is 5.56 Å². The smallest absolute Gasteiger partial charge is 0.347 e. The van der Waals surface area contributed by atoms with Gasteiger partial charge in [-0.2, -0.15) is 13.2 Å². The van der Waals surface area contributed by atoms with Gasteiger partial charge >= 0.3 is 6.18 Å². The van der Waals surface area contributed by atoms with Gasteiger partial charge in [0.05, 0.1) is 11.6 Å². The molecule has 2 atom stereocenters. The monoisotopic (exact) mass is 283 g/mol. The van der Waals surface area contributed by atoms with Crippen molar-refractivity contribution in [3.05, 3.63) is 53.6 Å². The molecule has 0 spiro atoms. The van der Waals surface area contributed by atoms with Crippen LogP contribution in [0.15, 0.2) is 36.7 Å². The topological polar surface area (TPSA) is 40.7 Å². The largest absolute Gasteiger partial charge is 0.416 e. The van der Waals surface area contributed by atoms with Crippen LogP contribution < -0.4 is 5.32 Å². The fourth-order valence-corrected chi connectivity index (χ4v) is 2.05. The molecule has 2 N–H and O–H groups in total. The molecule has 0 aliphatic rings. The predicted molar refractivity (Wildman–Crippen MR) is 70.0 cm³/mol. The second kappa shape index (κ2) is 5.66. The van der Waals surface area contributed by atoms with E-state index in [-0.39, 0.29) is 12.1 Å². The Kier molecular flexibility index (Phi) is 4.13. The maximum absolute atomic E-state index is 12.7. The molecule has 0 aliphatic carbocycles. The number of rotatable bonds is 4. The Bertz CT molecular complexity index is 549. The standard InChI is InChI=1S/C14H16F3N3/c1-9(20-10(2)13-18-6-7-19-13)11-4-3-5-12(8-11)14(15,16)17/h3-10,20H,1-2H3,(H,18,19). The van der Waals surface area contributed by atoms with Crippen molar-refractivity contribution in [1.29, 1.82) is 0 Å². The van der Waals surface area contributed by atoms with Crippen LogP contribution in [0, 0.1) is 0 Å². The van der Waals surface area contributed by atoms with Crippen molar-refractivity contribution in [2.45, 2.75) is 32.1 Å². The first-order chi connectivity index (χ1) is 9.38. The molecule has 6 heteroatoms. The van der Waals surface area contributed by atoms with Gasteiger partial charge in [0.15, 0.2) is 0 Å². The Morgan fingerprint density at radius 1 is 1.20 bits per heavy atom. The van der Waals surface area contributed by atoms with Crippen molar-refractivity contribution < 1.29 is 13.2 Å². The molecule has 0 saturated heterocycles.